The third kappa shape index (κ3) is 6.30. The number of aliphatic imine (C=N–C) groups is 1. The van der Waals surface area contributed by atoms with Crippen molar-refractivity contribution >= 4 is 40.8 Å². The summed E-state index contributed by atoms with van der Waals surface area (Å²) >= 11 is 0. The highest BCUT2D eigenvalue weighted by molar-refractivity contribution is 14.0. The summed E-state index contributed by atoms with van der Waals surface area (Å²) < 4.78 is 0. The van der Waals surface area contributed by atoms with Crippen LogP contribution in [0.25, 0.3) is 10.9 Å². The maximum Gasteiger partial charge on any atom is 0.191 e. The first-order valence-electron chi connectivity index (χ1n) is 10.3. The van der Waals surface area contributed by atoms with Crippen LogP contribution >= 0.6 is 24.0 Å². The Morgan fingerprint density at radius 1 is 1.18 bits per heavy atom. The molecule has 0 spiro atoms. The molecule has 2 N–H and O–H groups in total. The second-order valence-electron chi connectivity index (χ2n) is 7.26. The van der Waals surface area contributed by atoms with Crippen molar-refractivity contribution in [1.29, 1.82) is 0 Å². The summed E-state index contributed by atoms with van der Waals surface area (Å²) in [4.78, 5) is 11.5. The highest BCUT2D eigenvalue weighted by Crippen LogP contribution is 2.18. The zero-order valence-electron chi connectivity index (χ0n) is 17.2. The number of guanidine groups is 1. The van der Waals surface area contributed by atoms with Crippen LogP contribution in [0.2, 0.25) is 0 Å². The minimum absolute atomic E-state index is 0. The molecule has 5 nitrogen and oxygen atoms in total. The van der Waals surface area contributed by atoms with Crippen LogP contribution < -0.4 is 10.6 Å². The molecule has 1 unspecified atom stereocenters. The van der Waals surface area contributed by atoms with Crippen molar-refractivity contribution in [2.24, 2.45) is 4.99 Å². The van der Waals surface area contributed by atoms with E-state index in [1.165, 1.54) is 43.2 Å². The first-order valence-corrected chi connectivity index (χ1v) is 10.3. The second kappa shape index (κ2) is 12.2. The number of benzene rings is 1. The third-order valence-corrected chi connectivity index (χ3v) is 5.54. The fourth-order valence-electron chi connectivity index (χ4n) is 4.04. The lowest BCUT2D eigenvalue weighted by atomic mass is 10.0. The SMILES string of the molecule is CCC1CCCCN1CCNC(=NC)NCCc1cccc2cccnc12.I. The molecule has 0 amide bonds. The van der Waals surface area contributed by atoms with Crippen LogP contribution in [0.3, 0.4) is 0 Å². The summed E-state index contributed by atoms with van der Waals surface area (Å²) in [6.07, 6.45) is 8.12. The average molecular weight is 495 g/mol. The van der Waals surface area contributed by atoms with E-state index in [1.807, 2.05) is 19.3 Å². The molecule has 1 aromatic heterocycles. The smallest absolute Gasteiger partial charge is 0.191 e. The third-order valence-electron chi connectivity index (χ3n) is 5.54. The molecule has 6 heteroatoms. The van der Waals surface area contributed by atoms with E-state index in [2.05, 4.69) is 56.7 Å². The van der Waals surface area contributed by atoms with Crippen LogP contribution in [0.4, 0.5) is 0 Å². The number of aromatic nitrogens is 1. The molecule has 1 saturated heterocycles. The minimum Gasteiger partial charge on any atom is -0.356 e. The molecule has 1 aliphatic rings. The van der Waals surface area contributed by atoms with E-state index in [1.54, 1.807) is 0 Å². The number of likely N-dealkylation sites (tertiary alicyclic amines) is 1. The van der Waals surface area contributed by atoms with Crippen molar-refractivity contribution in [3.05, 3.63) is 42.1 Å². The zero-order chi connectivity index (χ0) is 18.9. The Bertz CT molecular complexity index is 743. The maximum absolute atomic E-state index is 4.54. The molecule has 0 bridgehead atoms. The molecule has 0 radical (unpaired) electrons. The highest BCUT2D eigenvalue weighted by atomic mass is 127. The molecular weight excluding hydrogens is 461 g/mol. The molecule has 2 aromatic rings. The van der Waals surface area contributed by atoms with E-state index >= 15 is 0 Å². The predicted molar refractivity (Wildman–Crippen MR) is 130 cm³/mol. The summed E-state index contributed by atoms with van der Waals surface area (Å²) in [7, 11) is 1.84. The van der Waals surface area contributed by atoms with Gasteiger partial charge in [-0.1, -0.05) is 37.6 Å². The van der Waals surface area contributed by atoms with Gasteiger partial charge >= 0.3 is 0 Å². The number of hydrogen-bond acceptors (Lipinski definition) is 3. The Labute approximate surface area is 186 Å². The van der Waals surface area contributed by atoms with E-state index in [0.717, 1.165) is 43.6 Å². The Balaban J connectivity index is 0.00000280. The van der Waals surface area contributed by atoms with E-state index in [0.29, 0.717) is 0 Å². The van der Waals surface area contributed by atoms with Gasteiger partial charge in [-0.3, -0.25) is 14.9 Å². The maximum atomic E-state index is 4.54. The van der Waals surface area contributed by atoms with E-state index in [4.69, 9.17) is 0 Å². The van der Waals surface area contributed by atoms with Crippen LogP contribution in [0.1, 0.15) is 38.2 Å². The number of piperidine rings is 1. The number of nitrogens with one attached hydrogen (secondary N) is 2. The first kappa shape index (κ1) is 22.9. The quantitative estimate of drug-likeness (QED) is 0.349. The first-order chi connectivity index (χ1) is 13.3. The van der Waals surface area contributed by atoms with Gasteiger partial charge in [-0.15, -0.1) is 24.0 Å². The molecule has 2 heterocycles. The predicted octanol–water partition coefficient (Wildman–Crippen LogP) is 3.82. The fourth-order valence-corrected chi connectivity index (χ4v) is 4.04. The number of hydrogen-bond donors (Lipinski definition) is 2. The molecule has 0 aliphatic carbocycles. The van der Waals surface area contributed by atoms with Gasteiger partial charge in [-0.2, -0.15) is 0 Å². The van der Waals surface area contributed by atoms with E-state index in [9.17, 15) is 0 Å². The van der Waals surface area contributed by atoms with Gasteiger partial charge in [0, 0.05) is 44.3 Å². The van der Waals surface area contributed by atoms with Crippen molar-refractivity contribution in [2.45, 2.75) is 45.1 Å². The number of rotatable bonds is 7. The Kier molecular flexibility index (Phi) is 9.98. The van der Waals surface area contributed by atoms with Gasteiger partial charge in [-0.05, 0) is 43.9 Å². The lowest BCUT2D eigenvalue weighted by molar-refractivity contribution is 0.147. The van der Waals surface area contributed by atoms with Crippen molar-refractivity contribution < 1.29 is 0 Å². The van der Waals surface area contributed by atoms with Gasteiger partial charge in [0.2, 0.25) is 0 Å². The molecule has 28 heavy (non-hydrogen) atoms. The van der Waals surface area contributed by atoms with Crippen LogP contribution in [0.5, 0.6) is 0 Å². The Morgan fingerprint density at radius 2 is 2.00 bits per heavy atom. The molecule has 1 fully saturated rings. The summed E-state index contributed by atoms with van der Waals surface area (Å²) in [5.74, 6) is 0.883. The molecular formula is C22H34IN5. The molecule has 0 saturated carbocycles. The van der Waals surface area contributed by atoms with Gasteiger partial charge in [0.1, 0.15) is 0 Å². The van der Waals surface area contributed by atoms with Crippen molar-refractivity contribution in [1.82, 2.24) is 20.5 Å². The largest absolute Gasteiger partial charge is 0.356 e. The molecule has 1 aliphatic heterocycles. The van der Waals surface area contributed by atoms with Crippen LogP contribution in [-0.2, 0) is 6.42 Å². The number of pyridine rings is 1. The average Bonchev–Trinajstić information content (AvgIpc) is 2.73. The standard InChI is InChI=1S/C22H33N5.HI/c1-3-20-11-4-5-16-27(20)17-15-26-22(23-2)25-14-12-19-9-6-8-18-10-7-13-24-21(18)19;/h6-10,13,20H,3-5,11-12,14-17H2,1-2H3,(H2,23,25,26);1H. The van der Waals surface area contributed by atoms with E-state index in [-0.39, 0.29) is 24.0 Å². The van der Waals surface area contributed by atoms with Crippen LogP contribution in [0.15, 0.2) is 41.5 Å². The van der Waals surface area contributed by atoms with Crippen LogP contribution in [0, 0.1) is 0 Å². The van der Waals surface area contributed by atoms with Gasteiger partial charge in [-0.25, -0.2) is 0 Å². The van der Waals surface area contributed by atoms with Gasteiger partial charge in [0.25, 0.3) is 0 Å². The lowest BCUT2D eigenvalue weighted by Gasteiger charge is -2.35. The van der Waals surface area contributed by atoms with Crippen molar-refractivity contribution in [3.63, 3.8) is 0 Å². The van der Waals surface area contributed by atoms with Crippen molar-refractivity contribution in [3.8, 4) is 0 Å². The second-order valence-corrected chi connectivity index (χ2v) is 7.26. The molecule has 1 aromatic carbocycles. The topological polar surface area (TPSA) is 52.5 Å². The minimum atomic E-state index is 0. The van der Waals surface area contributed by atoms with Gasteiger partial charge < -0.3 is 10.6 Å². The summed E-state index contributed by atoms with van der Waals surface area (Å²) in [5.41, 5.74) is 2.37. The van der Waals surface area contributed by atoms with Gasteiger partial charge in [0.15, 0.2) is 5.96 Å². The zero-order valence-corrected chi connectivity index (χ0v) is 19.5. The van der Waals surface area contributed by atoms with Gasteiger partial charge in [0.05, 0.1) is 5.52 Å². The summed E-state index contributed by atoms with van der Waals surface area (Å²) in [6.45, 7) is 6.41. The van der Waals surface area contributed by atoms with Crippen molar-refractivity contribution in [2.75, 3.05) is 33.2 Å². The molecule has 154 valence electrons. The lowest BCUT2D eigenvalue weighted by Crippen LogP contribution is -2.46. The Hall–Kier alpha value is -1.41. The number of fused-ring (bicyclic) bond motifs is 1. The molecule has 3 rings (SSSR count). The van der Waals surface area contributed by atoms with Crippen LogP contribution in [-0.4, -0.2) is 55.1 Å². The fraction of sp³-hybridized carbons (Fsp3) is 0.545. The van der Waals surface area contributed by atoms with E-state index < -0.39 is 0 Å². The summed E-state index contributed by atoms with van der Waals surface area (Å²) in [5, 5.41) is 8.10. The Morgan fingerprint density at radius 3 is 2.82 bits per heavy atom. The summed E-state index contributed by atoms with van der Waals surface area (Å²) in [6, 6.07) is 11.2. The molecule has 1 atom stereocenters. The normalized spacial score (nSPS) is 17.9. The highest BCUT2D eigenvalue weighted by Gasteiger charge is 2.19. The number of nitrogens with zero attached hydrogens (tertiary/aromatic N) is 3. The number of para-hydroxylation sites is 1. The number of halogens is 1. The monoisotopic (exact) mass is 495 g/mol.